The number of aromatic nitrogens is 6. The Labute approximate surface area is 360 Å². The summed E-state index contributed by atoms with van der Waals surface area (Å²) in [5, 5.41) is 0. The molecule has 0 spiro atoms. The highest BCUT2D eigenvalue weighted by Gasteiger charge is 2.16. The first-order valence-corrected chi connectivity index (χ1v) is 20.0. The summed E-state index contributed by atoms with van der Waals surface area (Å²) in [6, 6.07) is 38.2. The van der Waals surface area contributed by atoms with Crippen molar-refractivity contribution in [2.24, 2.45) is 0 Å². The maximum absolute atomic E-state index is 6.13. The average Bonchev–Trinajstić information content (AvgIpc) is 3.24. The molecule has 0 aliphatic heterocycles. The quantitative estimate of drug-likeness (QED) is 0.110. The third kappa shape index (κ3) is 10.1. The number of nitrogens with zero attached hydrogens (tertiary/aromatic N) is 6. The van der Waals surface area contributed by atoms with Gasteiger partial charge in [0, 0.05) is 0 Å². The van der Waals surface area contributed by atoms with Crippen LogP contribution in [0.1, 0.15) is 44.5 Å². The van der Waals surface area contributed by atoms with Crippen LogP contribution in [0.3, 0.4) is 0 Å². The monoisotopic (exact) mass is 824 g/mol. The van der Waals surface area contributed by atoms with E-state index in [-0.39, 0.29) is 36.1 Å². The van der Waals surface area contributed by atoms with E-state index < -0.39 is 0 Å². The predicted molar refractivity (Wildman–Crippen MR) is 236 cm³/mol. The molecule has 0 saturated heterocycles. The van der Waals surface area contributed by atoms with E-state index in [0.29, 0.717) is 34.5 Å². The van der Waals surface area contributed by atoms with Gasteiger partial charge in [0.25, 0.3) is 0 Å². The van der Waals surface area contributed by atoms with Crippen molar-refractivity contribution in [3.8, 4) is 81.7 Å². The van der Waals surface area contributed by atoms with E-state index in [1.807, 2.05) is 177 Å². The Morgan fingerprint density at radius 2 is 0.419 bits per heavy atom. The smallest absolute Gasteiger partial charge is 0.331 e. The van der Waals surface area contributed by atoms with Crippen molar-refractivity contribution in [1.29, 1.82) is 0 Å². The van der Waals surface area contributed by atoms with Crippen molar-refractivity contribution in [2.75, 3.05) is 0 Å². The van der Waals surface area contributed by atoms with Crippen LogP contribution in [0.4, 0.5) is 0 Å². The maximum Gasteiger partial charge on any atom is 0.331 e. The molecule has 62 heavy (non-hydrogen) atoms. The summed E-state index contributed by atoms with van der Waals surface area (Å²) in [5.41, 5.74) is 10.7. The van der Waals surface area contributed by atoms with Gasteiger partial charge in [-0.15, -0.1) is 29.9 Å². The molecule has 0 aliphatic carbocycles. The van der Waals surface area contributed by atoms with Crippen LogP contribution in [0.2, 0.25) is 0 Å². The Bertz CT molecular complexity index is 2560. The van der Waals surface area contributed by atoms with Crippen molar-refractivity contribution in [3.05, 3.63) is 166 Å². The Kier molecular flexibility index (Phi) is 11.7. The van der Waals surface area contributed by atoms with Gasteiger partial charge in [0.15, 0.2) is 0 Å². The Balaban J connectivity index is 0.991. The van der Waals surface area contributed by atoms with E-state index in [0.717, 1.165) is 55.6 Å². The zero-order valence-corrected chi connectivity index (χ0v) is 35.7. The molecule has 0 N–H and O–H groups in total. The minimum Gasteiger partial charge on any atom is -0.424 e. The summed E-state index contributed by atoms with van der Waals surface area (Å²) in [4.78, 5) is 26.7. The molecular formula is C50H44N6O6. The van der Waals surface area contributed by atoms with E-state index >= 15 is 0 Å². The summed E-state index contributed by atoms with van der Waals surface area (Å²) in [5.74, 6) is 3.32. The summed E-state index contributed by atoms with van der Waals surface area (Å²) in [6.07, 6.45) is 0. The van der Waals surface area contributed by atoms with Crippen LogP contribution < -0.4 is 28.4 Å². The van der Waals surface area contributed by atoms with Gasteiger partial charge in [-0.25, -0.2) is 0 Å². The van der Waals surface area contributed by atoms with Gasteiger partial charge in [-0.05, 0) is 184 Å². The van der Waals surface area contributed by atoms with Crippen molar-refractivity contribution in [1.82, 2.24) is 29.9 Å². The van der Waals surface area contributed by atoms with Gasteiger partial charge in [0.2, 0.25) is 0 Å². The first-order valence-electron chi connectivity index (χ1n) is 20.0. The molecule has 2 heterocycles. The molecule has 2 aromatic heterocycles. The Morgan fingerprint density at radius 1 is 0.226 bits per heavy atom. The second-order valence-electron chi connectivity index (χ2n) is 15.0. The highest BCUT2D eigenvalue weighted by Crippen LogP contribution is 2.33. The van der Waals surface area contributed by atoms with Gasteiger partial charge in [-0.2, -0.15) is 0 Å². The third-order valence-corrected chi connectivity index (χ3v) is 10.4. The summed E-state index contributed by atoms with van der Waals surface area (Å²) >= 11 is 0. The lowest BCUT2D eigenvalue weighted by atomic mass is 10.1. The van der Waals surface area contributed by atoms with Gasteiger partial charge < -0.3 is 28.4 Å². The fourth-order valence-electron chi connectivity index (χ4n) is 6.09. The number of hydrogen-bond donors (Lipinski definition) is 0. The van der Waals surface area contributed by atoms with E-state index in [1.165, 1.54) is 0 Å². The molecule has 12 heteroatoms. The molecule has 0 saturated carbocycles. The number of ether oxygens (including phenoxy) is 6. The molecule has 0 radical (unpaired) electrons. The minimum atomic E-state index is 0.00956. The molecule has 0 bridgehead atoms. The molecule has 8 rings (SSSR count). The number of aryl methyl sites for hydroxylation is 8. The van der Waals surface area contributed by atoms with E-state index in [2.05, 4.69) is 29.9 Å². The van der Waals surface area contributed by atoms with Crippen molar-refractivity contribution < 1.29 is 28.4 Å². The Hall–Kier alpha value is -7.86. The fourth-order valence-corrected chi connectivity index (χ4v) is 6.09. The highest BCUT2D eigenvalue weighted by molar-refractivity contribution is 5.65. The molecule has 0 aliphatic rings. The topological polar surface area (TPSA) is 133 Å². The molecule has 6 aromatic carbocycles. The van der Waals surface area contributed by atoms with Crippen LogP contribution >= 0.6 is 0 Å². The van der Waals surface area contributed by atoms with Gasteiger partial charge in [0.1, 0.15) is 34.5 Å². The molecule has 12 nitrogen and oxygen atoms in total. The SMILES string of the molecule is Cc1ccc(Oc2nc(Oc3ccc(-c4ccc(Oc5nc(Oc6ccc(C)c(C)c6)nc(Oc6ccc(C)c(C)c6)n5)cc4)cc3)nc(Oc3ccc(C)c(C)c3)n2)cc1C. The molecule has 310 valence electrons. The standard InChI is InChI=1S/C50H44N6O6/c1-29-9-17-41(25-33(29)5)59-47-51-45(52-48(55-47)60-42-18-10-30(2)34(6)26-42)57-39-21-13-37(14-22-39)38-15-23-40(24-16-38)58-46-53-49(61-43-19-11-31(3)35(7)27-43)56-50(54-46)62-44-20-12-32(4)36(8)28-44/h9-28H,1-8H3. The van der Waals surface area contributed by atoms with E-state index in [1.54, 1.807) is 0 Å². The highest BCUT2D eigenvalue weighted by atomic mass is 16.5. The van der Waals surface area contributed by atoms with Gasteiger partial charge in [-0.3, -0.25) is 0 Å². The zero-order chi connectivity index (χ0) is 43.3. The number of rotatable bonds is 13. The largest absolute Gasteiger partial charge is 0.424 e. The summed E-state index contributed by atoms with van der Waals surface area (Å²) in [6.45, 7) is 16.2. The molecule has 0 fully saturated rings. The molecule has 0 amide bonds. The average molecular weight is 825 g/mol. The lowest BCUT2D eigenvalue weighted by Gasteiger charge is -2.12. The lowest BCUT2D eigenvalue weighted by Crippen LogP contribution is -2.02. The zero-order valence-electron chi connectivity index (χ0n) is 35.7. The van der Waals surface area contributed by atoms with Crippen LogP contribution in [0.5, 0.6) is 70.6 Å². The lowest BCUT2D eigenvalue weighted by molar-refractivity contribution is 0.361. The van der Waals surface area contributed by atoms with Gasteiger partial charge in [-0.1, -0.05) is 48.5 Å². The van der Waals surface area contributed by atoms with Crippen LogP contribution in [0, 0.1) is 55.4 Å². The van der Waals surface area contributed by atoms with E-state index in [4.69, 9.17) is 28.4 Å². The van der Waals surface area contributed by atoms with E-state index in [9.17, 15) is 0 Å². The summed E-state index contributed by atoms with van der Waals surface area (Å²) in [7, 11) is 0. The first kappa shape index (κ1) is 40.9. The second-order valence-corrected chi connectivity index (χ2v) is 15.0. The molecule has 8 aromatic rings. The summed E-state index contributed by atoms with van der Waals surface area (Å²) < 4.78 is 36.5. The fraction of sp³-hybridized carbons (Fsp3) is 0.160. The second kappa shape index (κ2) is 17.8. The molecular weight excluding hydrogens is 781 g/mol. The van der Waals surface area contributed by atoms with Gasteiger partial charge >= 0.3 is 36.1 Å². The van der Waals surface area contributed by atoms with Crippen LogP contribution in [-0.4, -0.2) is 29.9 Å². The normalized spacial score (nSPS) is 10.9. The molecule has 0 unspecified atom stereocenters. The third-order valence-electron chi connectivity index (χ3n) is 10.4. The van der Waals surface area contributed by atoms with Crippen molar-refractivity contribution in [3.63, 3.8) is 0 Å². The van der Waals surface area contributed by atoms with Crippen LogP contribution in [0.25, 0.3) is 11.1 Å². The molecule has 0 atom stereocenters. The van der Waals surface area contributed by atoms with Crippen LogP contribution in [-0.2, 0) is 0 Å². The number of benzene rings is 6. The Morgan fingerprint density at radius 3 is 0.629 bits per heavy atom. The number of hydrogen-bond acceptors (Lipinski definition) is 12. The maximum atomic E-state index is 6.13. The minimum absolute atomic E-state index is 0.00956. The van der Waals surface area contributed by atoms with Crippen molar-refractivity contribution in [2.45, 2.75) is 55.4 Å². The van der Waals surface area contributed by atoms with Gasteiger partial charge in [0.05, 0.1) is 0 Å². The van der Waals surface area contributed by atoms with Crippen LogP contribution in [0.15, 0.2) is 121 Å². The van der Waals surface area contributed by atoms with Crippen molar-refractivity contribution >= 4 is 0 Å². The first-order chi connectivity index (χ1) is 29.9. The predicted octanol–water partition coefficient (Wildman–Crippen LogP) is 12.9.